The molecule has 0 aliphatic rings. The number of rotatable bonds is 5. The van der Waals surface area contributed by atoms with Gasteiger partial charge in [-0.2, -0.15) is 0 Å². The van der Waals surface area contributed by atoms with E-state index in [1.807, 2.05) is 30.5 Å². The van der Waals surface area contributed by atoms with Gasteiger partial charge in [0.2, 0.25) is 0 Å². The molecule has 1 N–H and O–H groups in total. The highest BCUT2D eigenvalue weighted by atomic mass is 16.5. The monoisotopic (exact) mass is 323 g/mol. The number of fused-ring (bicyclic) bond motifs is 1. The lowest BCUT2D eigenvalue weighted by Crippen LogP contribution is -2.08. The summed E-state index contributed by atoms with van der Waals surface area (Å²) in [5.41, 5.74) is 3.07. The Balaban J connectivity index is 1.63. The van der Waals surface area contributed by atoms with Gasteiger partial charge < -0.3 is 14.5 Å². The molecule has 3 rings (SSSR count). The van der Waals surface area contributed by atoms with E-state index in [4.69, 9.17) is 4.74 Å². The van der Waals surface area contributed by atoms with Gasteiger partial charge in [-0.3, -0.25) is 4.79 Å². The lowest BCUT2D eigenvalue weighted by Gasteiger charge is -2.06. The third kappa shape index (κ3) is 3.46. The van der Waals surface area contributed by atoms with Crippen LogP contribution in [0.4, 0.5) is 0 Å². The van der Waals surface area contributed by atoms with Gasteiger partial charge in [0, 0.05) is 17.1 Å². The molecule has 3 aromatic rings. The minimum atomic E-state index is -0.415. The summed E-state index contributed by atoms with van der Waals surface area (Å²) < 4.78 is 9.99. The van der Waals surface area contributed by atoms with Crippen molar-refractivity contribution < 1.29 is 19.1 Å². The van der Waals surface area contributed by atoms with Crippen LogP contribution in [0.2, 0.25) is 0 Å². The number of hydrogen-bond acceptors (Lipinski definition) is 4. The topological polar surface area (TPSA) is 68.4 Å². The van der Waals surface area contributed by atoms with Crippen LogP contribution in [0.15, 0.2) is 54.7 Å². The summed E-state index contributed by atoms with van der Waals surface area (Å²) in [7, 11) is 1.33. The number of hydrogen-bond donors (Lipinski definition) is 1. The van der Waals surface area contributed by atoms with E-state index in [9.17, 15) is 9.59 Å². The molecule has 1 aromatic heterocycles. The Morgan fingerprint density at radius 2 is 1.92 bits per heavy atom. The van der Waals surface area contributed by atoms with E-state index in [-0.39, 0.29) is 19.0 Å². The van der Waals surface area contributed by atoms with Crippen LogP contribution in [0.25, 0.3) is 10.9 Å². The number of para-hydroxylation sites is 1. The van der Waals surface area contributed by atoms with Crippen LogP contribution < -0.4 is 0 Å². The van der Waals surface area contributed by atoms with Crippen molar-refractivity contribution in [2.45, 2.75) is 13.0 Å². The number of aromatic nitrogens is 1. The maximum absolute atomic E-state index is 12.1. The fraction of sp³-hybridized carbons (Fsp3) is 0.158. The summed E-state index contributed by atoms with van der Waals surface area (Å²) in [5.74, 6) is -0.731. The van der Waals surface area contributed by atoms with Crippen molar-refractivity contribution in [3.63, 3.8) is 0 Å². The molecule has 0 amide bonds. The fourth-order valence-corrected chi connectivity index (χ4v) is 2.55. The Bertz CT molecular complexity index is 882. The maximum atomic E-state index is 12.1. The molecule has 1 heterocycles. The highest BCUT2D eigenvalue weighted by molar-refractivity contribution is 5.89. The third-order valence-corrected chi connectivity index (χ3v) is 3.76. The zero-order valence-electron chi connectivity index (χ0n) is 13.2. The minimum Gasteiger partial charge on any atom is -0.465 e. The van der Waals surface area contributed by atoms with Crippen LogP contribution in [0.5, 0.6) is 0 Å². The quantitative estimate of drug-likeness (QED) is 0.732. The molecule has 0 radical (unpaired) electrons. The molecule has 0 unspecified atom stereocenters. The molecule has 2 aromatic carbocycles. The summed E-state index contributed by atoms with van der Waals surface area (Å²) in [6.45, 7) is 0.117. The van der Waals surface area contributed by atoms with Gasteiger partial charge in [-0.1, -0.05) is 30.3 Å². The van der Waals surface area contributed by atoms with E-state index in [0.717, 1.165) is 22.0 Å². The van der Waals surface area contributed by atoms with Gasteiger partial charge in [0.05, 0.1) is 19.1 Å². The van der Waals surface area contributed by atoms with Crippen molar-refractivity contribution in [2.75, 3.05) is 7.11 Å². The normalized spacial score (nSPS) is 10.5. The van der Waals surface area contributed by atoms with Crippen molar-refractivity contribution in [3.8, 4) is 0 Å². The van der Waals surface area contributed by atoms with Gasteiger partial charge in [-0.05, 0) is 29.3 Å². The first-order chi connectivity index (χ1) is 11.7. The highest BCUT2D eigenvalue weighted by Crippen LogP contribution is 2.18. The molecular formula is C19H17NO4. The lowest BCUT2D eigenvalue weighted by atomic mass is 10.1. The van der Waals surface area contributed by atoms with E-state index >= 15 is 0 Å². The molecule has 0 saturated carbocycles. The number of ether oxygens (including phenoxy) is 2. The van der Waals surface area contributed by atoms with E-state index in [1.54, 1.807) is 24.3 Å². The van der Waals surface area contributed by atoms with E-state index in [0.29, 0.717) is 5.56 Å². The highest BCUT2D eigenvalue weighted by Gasteiger charge is 2.11. The Kier molecular flexibility index (Phi) is 4.61. The Morgan fingerprint density at radius 3 is 2.75 bits per heavy atom. The average Bonchev–Trinajstić information content (AvgIpc) is 3.02. The number of carbonyl (C=O) groups is 2. The third-order valence-electron chi connectivity index (χ3n) is 3.76. The predicted octanol–water partition coefficient (Wildman–Crippen LogP) is 3.24. The summed E-state index contributed by atoms with van der Waals surface area (Å²) in [6.07, 6.45) is 2.02. The zero-order valence-corrected chi connectivity index (χ0v) is 13.2. The Labute approximate surface area is 139 Å². The largest absolute Gasteiger partial charge is 0.465 e. The van der Waals surface area contributed by atoms with E-state index in [1.165, 1.54) is 7.11 Å². The molecule has 24 heavy (non-hydrogen) atoms. The standard InChI is InChI=1S/C19H17NO4/c1-23-19(22)14-6-4-5-13(9-14)12-24-18(21)10-15-11-20-17-8-3-2-7-16(15)17/h2-9,11,20H,10,12H2,1H3. The van der Waals surface area contributed by atoms with Crippen molar-refractivity contribution in [1.29, 1.82) is 0 Å². The number of carbonyl (C=O) groups excluding carboxylic acids is 2. The number of H-pyrrole nitrogens is 1. The molecule has 0 fully saturated rings. The molecule has 0 aliphatic carbocycles. The summed E-state index contributed by atoms with van der Waals surface area (Å²) in [5, 5.41) is 1.02. The van der Waals surface area contributed by atoms with Gasteiger partial charge in [-0.15, -0.1) is 0 Å². The van der Waals surface area contributed by atoms with Gasteiger partial charge in [0.25, 0.3) is 0 Å². The van der Waals surface area contributed by atoms with Gasteiger partial charge in [-0.25, -0.2) is 4.79 Å². The summed E-state index contributed by atoms with van der Waals surface area (Å²) in [6, 6.07) is 14.6. The minimum absolute atomic E-state index is 0.117. The Morgan fingerprint density at radius 1 is 1.08 bits per heavy atom. The number of benzene rings is 2. The van der Waals surface area contributed by atoms with Crippen LogP contribution in [0.1, 0.15) is 21.5 Å². The number of esters is 2. The second kappa shape index (κ2) is 7.00. The molecule has 0 bridgehead atoms. The number of nitrogens with one attached hydrogen (secondary N) is 1. The first kappa shape index (κ1) is 15.8. The summed E-state index contributed by atoms with van der Waals surface area (Å²) in [4.78, 5) is 26.7. The fourth-order valence-electron chi connectivity index (χ4n) is 2.55. The van der Waals surface area contributed by atoms with Crippen molar-refractivity contribution >= 4 is 22.8 Å². The van der Waals surface area contributed by atoms with E-state index < -0.39 is 5.97 Å². The molecule has 5 heteroatoms. The maximum Gasteiger partial charge on any atom is 0.337 e. The van der Waals surface area contributed by atoms with Crippen molar-refractivity contribution in [3.05, 3.63) is 71.4 Å². The molecule has 5 nitrogen and oxygen atoms in total. The van der Waals surface area contributed by atoms with Crippen molar-refractivity contribution in [1.82, 2.24) is 4.98 Å². The lowest BCUT2D eigenvalue weighted by molar-refractivity contribution is -0.144. The number of methoxy groups -OCH3 is 1. The Hall–Kier alpha value is -3.08. The molecule has 0 saturated heterocycles. The smallest absolute Gasteiger partial charge is 0.337 e. The molecule has 0 spiro atoms. The second-order valence-electron chi connectivity index (χ2n) is 5.39. The van der Waals surface area contributed by atoms with Crippen LogP contribution in [0.3, 0.4) is 0 Å². The van der Waals surface area contributed by atoms with Crippen LogP contribution in [0, 0.1) is 0 Å². The second-order valence-corrected chi connectivity index (χ2v) is 5.39. The average molecular weight is 323 g/mol. The first-order valence-corrected chi connectivity index (χ1v) is 7.55. The first-order valence-electron chi connectivity index (χ1n) is 7.55. The predicted molar refractivity (Wildman–Crippen MR) is 89.6 cm³/mol. The summed E-state index contributed by atoms with van der Waals surface area (Å²) >= 11 is 0. The van der Waals surface area contributed by atoms with Crippen LogP contribution in [-0.2, 0) is 27.3 Å². The molecule has 0 atom stereocenters. The molecule has 0 aliphatic heterocycles. The van der Waals surface area contributed by atoms with Gasteiger partial charge in [0.1, 0.15) is 6.61 Å². The van der Waals surface area contributed by atoms with E-state index in [2.05, 4.69) is 9.72 Å². The molecule has 122 valence electrons. The SMILES string of the molecule is COC(=O)c1cccc(COC(=O)Cc2c[nH]c3ccccc23)c1. The zero-order chi connectivity index (χ0) is 16.9. The number of aromatic amines is 1. The van der Waals surface area contributed by atoms with Gasteiger partial charge in [0.15, 0.2) is 0 Å². The van der Waals surface area contributed by atoms with Gasteiger partial charge >= 0.3 is 11.9 Å². The van der Waals surface area contributed by atoms with Crippen molar-refractivity contribution in [2.24, 2.45) is 0 Å². The van der Waals surface area contributed by atoms with Crippen LogP contribution >= 0.6 is 0 Å². The van der Waals surface area contributed by atoms with Crippen LogP contribution in [-0.4, -0.2) is 24.0 Å². The molecular weight excluding hydrogens is 306 g/mol.